The fourth-order valence-corrected chi connectivity index (χ4v) is 3.66. The van der Waals surface area contributed by atoms with Crippen molar-refractivity contribution in [1.29, 1.82) is 0 Å². The number of hydrogen-bond donors (Lipinski definition) is 0. The molecule has 0 saturated carbocycles. The number of rotatable bonds is 5. The summed E-state index contributed by atoms with van der Waals surface area (Å²) in [4.78, 5) is 14.8. The number of anilines is 1. The SMILES string of the molecule is O=C(/C=C\c1ccc(-c2ccccc2Br)o1)c1cccc(N2CCOCC2)c1. The van der Waals surface area contributed by atoms with Gasteiger partial charge in [0, 0.05) is 34.4 Å². The van der Waals surface area contributed by atoms with Gasteiger partial charge in [-0.3, -0.25) is 4.79 Å². The molecule has 1 fully saturated rings. The van der Waals surface area contributed by atoms with E-state index in [1.165, 1.54) is 0 Å². The third-order valence-corrected chi connectivity index (χ3v) is 5.36. The number of allylic oxidation sites excluding steroid dienone is 1. The second-order valence-corrected chi connectivity index (χ2v) is 7.38. The highest BCUT2D eigenvalue weighted by Gasteiger charge is 2.13. The standard InChI is InChI=1S/C23H20BrNO3/c24-21-7-2-1-6-20(21)23-11-9-19(28-23)8-10-22(26)17-4-3-5-18(16-17)25-12-14-27-15-13-25/h1-11,16H,12-15H2/b10-8-. The second-order valence-electron chi connectivity index (χ2n) is 6.53. The smallest absolute Gasteiger partial charge is 0.186 e. The maximum absolute atomic E-state index is 12.6. The van der Waals surface area contributed by atoms with E-state index in [-0.39, 0.29) is 5.78 Å². The third kappa shape index (κ3) is 4.26. The Morgan fingerprint density at radius 1 is 1.00 bits per heavy atom. The van der Waals surface area contributed by atoms with E-state index in [1.807, 2.05) is 60.7 Å². The lowest BCUT2D eigenvalue weighted by Gasteiger charge is -2.29. The molecule has 142 valence electrons. The minimum absolute atomic E-state index is 0.0473. The zero-order chi connectivity index (χ0) is 19.3. The maximum atomic E-state index is 12.6. The Bertz CT molecular complexity index is 1000. The van der Waals surface area contributed by atoms with Crippen molar-refractivity contribution in [2.45, 2.75) is 0 Å². The van der Waals surface area contributed by atoms with E-state index >= 15 is 0 Å². The quantitative estimate of drug-likeness (QED) is 0.393. The summed E-state index contributed by atoms with van der Waals surface area (Å²) in [5, 5.41) is 0. The zero-order valence-corrected chi connectivity index (χ0v) is 16.9. The lowest BCUT2D eigenvalue weighted by atomic mass is 10.1. The first-order valence-corrected chi connectivity index (χ1v) is 10.00. The predicted octanol–water partition coefficient (Wildman–Crippen LogP) is 5.44. The van der Waals surface area contributed by atoms with Crippen LogP contribution in [0.4, 0.5) is 5.69 Å². The van der Waals surface area contributed by atoms with E-state index < -0.39 is 0 Å². The molecule has 0 bridgehead atoms. The van der Waals surface area contributed by atoms with Crippen LogP contribution in [0.3, 0.4) is 0 Å². The topological polar surface area (TPSA) is 42.7 Å². The molecule has 0 amide bonds. The zero-order valence-electron chi connectivity index (χ0n) is 15.3. The number of halogens is 1. The van der Waals surface area contributed by atoms with Gasteiger partial charge in [-0.1, -0.05) is 46.3 Å². The second kappa shape index (κ2) is 8.59. The van der Waals surface area contributed by atoms with Crippen LogP contribution < -0.4 is 4.90 Å². The molecule has 2 heterocycles. The van der Waals surface area contributed by atoms with Gasteiger partial charge in [-0.2, -0.15) is 0 Å². The highest BCUT2D eigenvalue weighted by atomic mass is 79.9. The average Bonchev–Trinajstić information content (AvgIpc) is 3.22. The minimum atomic E-state index is -0.0473. The Morgan fingerprint density at radius 3 is 2.64 bits per heavy atom. The Hall–Kier alpha value is -2.63. The molecule has 1 aliphatic heterocycles. The van der Waals surface area contributed by atoms with E-state index in [0.717, 1.165) is 47.8 Å². The Labute approximate surface area is 172 Å². The van der Waals surface area contributed by atoms with Crippen molar-refractivity contribution in [1.82, 2.24) is 0 Å². The monoisotopic (exact) mass is 437 g/mol. The van der Waals surface area contributed by atoms with E-state index in [2.05, 4.69) is 20.8 Å². The molecule has 0 N–H and O–H groups in total. The van der Waals surface area contributed by atoms with Crippen LogP contribution in [0, 0.1) is 0 Å². The largest absolute Gasteiger partial charge is 0.457 e. The van der Waals surface area contributed by atoms with Crippen LogP contribution in [-0.2, 0) is 4.74 Å². The van der Waals surface area contributed by atoms with Gasteiger partial charge in [0.05, 0.1) is 13.2 Å². The number of carbonyl (C=O) groups excluding carboxylic acids is 1. The first-order chi connectivity index (χ1) is 13.7. The summed E-state index contributed by atoms with van der Waals surface area (Å²) in [6, 6.07) is 19.4. The molecule has 0 aliphatic carbocycles. The first-order valence-electron chi connectivity index (χ1n) is 9.20. The fourth-order valence-electron chi connectivity index (χ4n) is 3.18. The molecule has 1 aromatic heterocycles. The molecule has 28 heavy (non-hydrogen) atoms. The number of benzene rings is 2. The van der Waals surface area contributed by atoms with Crippen LogP contribution in [-0.4, -0.2) is 32.1 Å². The average molecular weight is 438 g/mol. The number of morpholine rings is 1. The Morgan fingerprint density at radius 2 is 1.82 bits per heavy atom. The van der Waals surface area contributed by atoms with Crippen LogP contribution >= 0.6 is 15.9 Å². The molecule has 5 heteroatoms. The van der Waals surface area contributed by atoms with Crippen molar-refractivity contribution in [2.24, 2.45) is 0 Å². The molecular weight excluding hydrogens is 418 g/mol. The van der Waals surface area contributed by atoms with Crippen LogP contribution in [0.5, 0.6) is 0 Å². The highest BCUT2D eigenvalue weighted by molar-refractivity contribution is 9.10. The molecule has 1 saturated heterocycles. The molecule has 0 spiro atoms. The van der Waals surface area contributed by atoms with Crippen LogP contribution in [0.2, 0.25) is 0 Å². The Kier molecular flexibility index (Phi) is 5.74. The van der Waals surface area contributed by atoms with Crippen molar-refractivity contribution in [3.63, 3.8) is 0 Å². The van der Waals surface area contributed by atoms with E-state index in [9.17, 15) is 4.79 Å². The van der Waals surface area contributed by atoms with Gasteiger partial charge in [-0.05, 0) is 42.5 Å². The van der Waals surface area contributed by atoms with Gasteiger partial charge < -0.3 is 14.1 Å². The van der Waals surface area contributed by atoms with Crippen molar-refractivity contribution in [3.8, 4) is 11.3 Å². The van der Waals surface area contributed by atoms with Gasteiger partial charge in [0.25, 0.3) is 0 Å². The lowest BCUT2D eigenvalue weighted by Crippen LogP contribution is -2.36. The number of nitrogens with zero attached hydrogens (tertiary/aromatic N) is 1. The van der Waals surface area contributed by atoms with Crippen molar-refractivity contribution >= 4 is 33.5 Å². The first kappa shape index (κ1) is 18.7. The Balaban J connectivity index is 1.48. The minimum Gasteiger partial charge on any atom is -0.457 e. The lowest BCUT2D eigenvalue weighted by molar-refractivity contribution is 0.104. The van der Waals surface area contributed by atoms with E-state index in [4.69, 9.17) is 9.15 Å². The molecule has 0 radical (unpaired) electrons. The number of carbonyl (C=O) groups is 1. The van der Waals surface area contributed by atoms with Crippen LogP contribution in [0.25, 0.3) is 17.4 Å². The number of hydrogen-bond acceptors (Lipinski definition) is 4. The highest BCUT2D eigenvalue weighted by Crippen LogP contribution is 2.29. The number of ether oxygens (including phenoxy) is 1. The van der Waals surface area contributed by atoms with Crippen molar-refractivity contribution < 1.29 is 13.9 Å². The molecule has 4 nitrogen and oxygen atoms in total. The van der Waals surface area contributed by atoms with Gasteiger partial charge in [-0.15, -0.1) is 0 Å². The molecule has 0 unspecified atom stereocenters. The van der Waals surface area contributed by atoms with Crippen LogP contribution in [0.1, 0.15) is 16.1 Å². The summed E-state index contributed by atoms with van der Waals surface area (Å²) in [7, 11) is 0. The molecule has 4 rings (SSSR count). The summed E-state index contributed by atoms with van der Waals surface area (Å²) in [5.74, 6) is 1.35. The van der Waals surface area contributed by atoms with Gasteiger partial charge in [0.2, 0.25) is 0 Å². The van der Waals surface area contributed by atoms with E-state index in [0.29, 0.717) is 11.3 Å². The molecule has 1 aliphatic rings. The van der Waals surface area contributed by atoms with Gasteiger partial charge >= 0.3 is 0 Å². The summed E-state index contributed by atoms with van der Waals surface area (Å²) in [6.07, 6.45) is 3.27. The van der Waals surface area contributed by atoms with Crippen LogP contribution in [0.15, 0.2) is 75.6 Å². The maximum Gasteiger partial charge on any atom is 0.186 e. The van der Waals surface area contributed by atoms with Gasteiger partial charge in [0.1, 0.15) is 11.5 Å². The fraction of sp³-hybridized carbons (Fsp3) is 0.174. The van der Waals surface area contributed by atoms with Gasteiger partial charge in [0.15, 0.2) is 5.78 Å². The molecular formula is C23H20BrNO3. The molecule has 2 aromatic carbocycles. The normalized spacial score (nSPS) is 14.5. The molecule has 0 atom stereocenters. The van der Waals surface area contributed by atoms with Gasteiger partial charge in [-0.25, -0.2) is 0 Å². The van der Waals surface area contributed by atoms with Crippen molar-refractivity contribution in [2.75, 3.05) is 31.2 Å². The van der Waals surface area contributed by atoms with E-state index in [1.54, 1.807) is 12.2 Å². The van der Waals surface area contributed by atoms with Crippen molar-refractivity contribution in [3.05, 3.63) is 82.5 Å². The number of furan rings is 1. The summed E-state index contributed by atoms with van der Waals surface area (Å²) < 4.78 is 12.2. The summed E-state index contributed by atoms with van der Waals surface area (Å²) in [6.45, 7) is 3.13. The summed E-state index contributed by atoms with van der Waals surface area (Å²) >= 11 is 3.53. The third-order valence-electron chi connectivity index (χ3n) is 4.67. The molecule has 3 aromatic rings. The predicted molar refractivity (Wildman–Crippen MR) is 115 cm³/mol. The summed E-state index contributed by atoms with van der Waals surface area (Å²) in [5.41, 5.74) is 2.70. The number of ketones is 1.